The lowest BCUT2D eigenvalue weighted by molar-refractivity contribution is -0.141. The third kappa shape index (κ3) is 2.07. The van der Waals surface area contributed by atoms with E-state index in [0.717, 1.165) is 10.9 Å². The highest BCUT2D eigenvalue weighted by Crippen LogP contribution is 2.21. The van der Waals surface area contributed by atoms with Gasteiger partial charge in [0, 0.05) is 17.1 Å². The molecule has 0 aliphatic heterocycles. The average molecular weight is 247 g/mol. The third-order valence-electron chi connectivity index (χ3n) is 2.87. The average Bonchev–Trinajstić information content (AvgIpc) is 2.70. The summed E-state index contributed by atoms with van der Waals surface area (Å²) in [6.07, 6.45) is 1.74. The van der Waals surface area contributed by atoms with Crippen molar-refractivity contribution in [1.82, 2.24) is 4.57 Å². The van der Waals surface area contributed by atoms with Crippen LogP contribution in [-0.4, -0.2) is 28.7 Å². The molecule has 0 saturated heterocycles. The number of carboxylic acid groups (broad SMARTS) is 1. The van der Waals surface area contributed by atoms with E-state index >= 15 is 0 Å². The van der Waals surface area contributed by atoms with Crippen LogP contribution in [0.2, 0.25) is 0 Å². The molecule has 0 fully saturated rings. The van der Waals surface area contributed by atoms with Crippen molar-refractivity contribution in [3.05, 3.63) is 35.5 Å². The fourth-order valence-corrected chi connectivity index (χ4v) is 1.91. The number of nitrogens with zero attached hydrogens (tertiary/aromatic N) is 1. The van der Waals surface area contributed by atoms with Crippen molar-refractivity contribution in [3.8, 4) is 0 Å². The van der Waals surface area contributed by atoms with E-state index in [-0.39, 0.29) is 18.1 Å². The van der Waals surface area contributed by atoms with Crippen molar-refractivity contribution >= 4 is 22.8 Å². The monoisotopic (exact) mass is 247 g/mol. The van der Waals surface area contributed by atoms with Gasteiger partial charge in [0.05, 0.1) is 12.7 Å². The van der Waals surface area contributed by atoms with Gasteiger partial charge in [-0.3, -0.25) is 4.79 Å². The molecular weight excluding hydrogens is 234 g/mol. The Hall–Kier alpha value is -2.30. The maximum atomic E-state index is 11.2. The quantitative estimate of drug-likeness (QED) is 0.840. The Morgan fingerprint density at radius 3 is 2.72 bits per heavy atom. The van der Waals surface area contributed by atoms with Crippen molar-refractivity contribution in [2.45, 2.75) is 13.5 Å². The first-order valence-electron chi connectivity index (χ1n) is 5.42. The maximum absolute atomic E-state index is 11.2. The summed E-state index contributed by atoms with van der Waals surface area (Å²) < 4.78 is 6.35. The molecule has 1 aromatic carbocycles. The van der Waals surface area contributed by atoms with Crippen molar-refractivity contribution in [2.75, 3.05) is 7.11 Å². The number of aromatic nitrogens is 1. The van der Waals surface area contributed by atoms with Gasteiger partial charge in [-0.25, -0.2) is 4.79 Å². The van der Waals surface area contributed by atoms with Gasteiger partial charge >= 0.3 is 11.9 Å². The predicted octanol–water partition coefficient (Wildman–Crippen LogP) is 1.82. The zero-order valence-corrected chi connectivity index (χ0v) is 10.1. The lowest BCUT2D eigenvalue weighted by atomic mass is 10.1. The number of aryl methyl sites for hydroxylation is 1. The van der Waals surface area contributed by atoms with Crippen LogP contribution >= 0.6 is 0 Å². The number of ether oxygens (including phenoxy) is 1. The molecule has 0 atom stereocenters. The molecule has 0 aliphatic rings. The lowest BCUT2D eigenvalue weighted by Gasteiger charge is -2.06. The van der Waals surface area contributed by atoms with Crippen LogP contribution < -0.4 is 0 Å². The zero-order valence-electron chi connectivity index (χ0n) is 10.1. The van der Waals surface area contributed by atoms with Gasteiger partial charge in [0.2, 0.25) is 0 Å². The van der Waals surface area contributed by atoms with E-state index in [1.807, 2.05) is 0 Å². The Bertz CT molecular complexity index is 627. The van der Waals surface area contributed by atoms with Gasteiger partial charge in [-0.05, 0) is 30.7 Å². The molecule has 0 amide bonds. The number of hydrogen-bond donors (Lipinski definition) is 1. The molecule has 2 aromatic rings. The van der Waals surface area contributed by atoms with Crippen LogP contribution in [0, 0.1) is 6.92 Å². The second kappa shape index (κ2) is 4.52. The minimum atomic E-state index is -0.949. The molecule has 94 valence electrons. The molecule has 0 radical (unpaired) electrons. The number of fused-ring (bicyclic) bond motifs is 1. The molecule has 0 unspecified atom stereocenters. The topological polar surface area (TPSA) is 68.5 Å². The normalized spacial score (nSPS) is 10.6. The minimum Gasteiger partial charge on any atom is -0.478 e. The fraction of sp³-hybridized carbons (Fsp3) is 0.231. The number of esters is 1. The SMILES string of the molecule is COC(=O)Cn1ccc2cc(C(=O)O)c(C)cc21. The first-order valence-corrected chi connectivity index (χ1v) is 5.42. The van der Waals surface area contributed by atoms with E-state index in [0.29, 0.717) is 5.56 Å². The molecule has 5 nitrogen and oxygen atoms in total. The molecule has 1 heterocycles. The lowest BCUT2D eigenvalue weighted by Crippen LogP contribution is -2.10. The Morgan fingerprint density at radius 2 is 2.11 bits per heavy atom. The molecule has 18 heavy (non-hydrogen) atoms. The number of rotatable bonds is 3. The first-order chi connectivity index (χ1) is 8.52. The number of benzene rings is 1. The summed E-state index contributed by atoms with van der Waals surface area (Å²) in [7, 11) is 1.34. The van der Waals surface area contributed by atoms with Crippen LogP contribution in [0.3, 0.4) is 0 Å². The number of carbonyl (C=O) groups excluding carboxylic acids is 1. The van der Waals surface area contributed by atoms with Gasteiger partial charge in [-0.1, -0.05) is 0 Å². The van der Waals surface area contributed by atoms with E-state index in [1.165, 1.54) is 7.11 Å². The molecule has 0 bridgehead atoms. The van der Waals surface area contributed by atoms with Crippen LogP contribution in [0.1, 0.15) is 15.9 Å². The molecule has 0 saturated carbocycles. The van der Waals surface area contributed by atoms with Crippen molar-refractivity contribution < 1.29 is 19.4 Å². The van der Waals surface area contributed by atoms with Gasteiger partial charge in [0.25, 0.3) is 0 Å². The largest absolute Gasteiger partial charge is 0.478 e. The number of aromatic carboxylic acids is 1. The minimum absolute atomic E-state index is 0.117. The highest BCUT2D eigenvalue weighted by Gasteiger charge is 2.12. The second-order valence-electron chi connectivity index (χ2n) is 4.05. The number of carboxylic acids is 1. The third-order valence-corrected chi connectivity index (χ3v) is 2.87. The summed E-state index contributed by atoms with van der Waals surface area (Å²) in [4.78, 5) is 22.3. The van der Waals surface area contributed by atoms with Gasteiger partial charge in [-0.15, -0.1) is 0 Å². The van der Waals surface area contributed by atoms with Crippen LogP contribution in [0.25, 0.3) is 10.9 Å². The highest BCUT2D eigenvalue weighted by molar-refractivity contribution is 5.95. The van der Waals surface area contributed by atoms with E-state index in [2.05, 4.69) is 4.74 Å². The highest BCUT2D eigenvalue weighted by atomic mass is 16.5. The van der Waals surface area contributed by atoms with Crippen molar-refractivity contribution in [3.63, 3.8) is 0 Å². The van der Waals surface area contributed by atoms with E-state index < -0.39 is 5.97 Å². The molecule has 0 spiro atoms. The van der Waals surface area contributed by atoms with Crippen molar-refractivity contribution in [2.24, 2.45) is 0 Å². The maximum Gasteiger partial charge on any atom is 0.335 e. The molecule has 5 heteroatoms. The summed E-state index contributed by atoms with van der Waals surface area (Å²) in [6, 6.07) is 5.16. The van der Waals surface area contributed by atoms with Crippen molar-refractivity contribution in [1.29, 1.82) is 0 Å². The van der Waals surface area contributed by atoms with Crippen LogP contribution in [-0.2, 0) is 16.1 Å². The summed E-state index contributed by atoms with van der Waals surface area (Å²) in [5, 5.41) is 9.83. The molecule has 1 N–H and O–H groups in total. The van der Waals surface area contributed by atoms with E-state index in [1.54, 1.807) is 35.9 Å². The Kier molecular flexibility index (Phi) is 3.06. The molecule has 2 rings (SSSR count). The molecular formula is C13H13NO4. The van der Waals surface area contributed by atoms with Gasteiger partial charge in [0.15, 0.2) is 0 Å². The standard InChI is InChI=1S/C13H13NO4/c1-8-5-11-9(6-10(8)13(16)17)3-4-14(11)7-12(15)18-2/h3-6H,7H2,1-2H3,(H,16,17). The molecule has 0 aliphatic carbocycles. The van der Waals surface area contributed by atoms with Crippen LogP contribution in [0.5, 0.6) is 0 Å². The van der Waals surface area contributed by atoms with Gasteiger partial charge < -0.3 is 14.4 Å². The number of carbonyl (C=O) groups is 2. The Morgan fingerprint density at radius 1 is 1.39 bits per heavy atom. The number of methoxy groups -OCH3 is 1. The van der Waals surface area contributed by atoms with Crippen LogP contribution in [0.4, 0.5) is 0 Å². The Balaban J connectivity index is 2.51. The van der Waals surface area contributed by atoms with Crippen LogP contribution in [0.15, 0.2) is 24.4 Å². The van der Waals surface area contributed by atoms with Gasteiger partial charge in [0.1, 0.15) is 6.54 Å². The van der Waals surface area contributed by atoms with Gasteiger partial charge in [-0.2, -0.15) is 0 Å². The second-order valence-corrected chi connectivity index (χ2v) is 4.05. The summed E-state index contributed by atoms with van der Waals surface area (Å²) in [5.41, 5.74) is 1.76. The summed E-state index contributed by atoms with van der Waals surface area (Å²) in [6.45, 7) is 1.85. The fourth-order valence-electron chi connectivity index (χ4n) is 1.91. The molecule has 1 aromatic heterocycles. The summed E-state index contributed by atoms with van der Waals surface area (Å²) in [5.74, 6) is -1.29. The zero-order chi connectivity index (χ0) is 13.3. The van der Waals surface area contributed by atoms with E-state index in [9.17, 15) is 9.59 Å². The first kappa shape index (κ1) is 12.2. The summed E-state index contributed by atoms with van der Waals surface area (Å²) >= 11 is 0. The number of hydrogen-bond acceptors (Lipinski definition) is 3. The predicted molar refractivity (Wildman–Crippen MR) is 65.7 cm³/mol. The Labute approximate surface area is 104 Å². The smallest absolute Gasteiger partial charge is 0.335 e. The van der Waals surface area contributed by atoms with E-state index in [4.69, 9.17) is 5.11 Å².